The van der Waals surface area contributed by atoms with Gasteiger partial charge in [-0.2, -0.15) is 0 Å². The van der Waals surface area contributed by atoms with Crippen LogP contribution in [0.3, 0.4) is 0 Å². The summed E-state index contributed by atoms with van der Waals surface area (Å²) < 4.78 is 0. The monoisotopic (exact) mass is 279 g/mol. The Morgan fingerprint density at radius 2 is 2.11 bits per heavy atom. The summed E-state index contributed by atoms with van der Waals surface area (Å²) in [6, 6.07) is 7.59. The Kier molecular flexibility index (Phi) is 4.31. The molecule has 102 valence electrons. The zero-order chi connectivity index (χ0) is 13.8. The maximum absolute atomic E-state index is 11.8. The fourth-order valence-electron chi connectivity index (χ4n) is 1.78. The van der Waals surface area contributed by atoms with Crippen LogP contribution >= 0.6 is 11.8 Å². The molecule has 1 fully saturated rings. The smallest absolute Gasteiger partial charge is 0.234 e. The van der Waals surface area contributed by atoms with Gasteiger partial charge in [0, 0.05) is 31.9 Å². The van der Waals surface area contributed by atoms with Crippen molar-refractivity contribution in [2.75, 3.05) is 30.2 Å². The van der Waals surface area contributed by atoms with Crippen molar-refractivity contribution in [2.45, 2.75) is 11.7 Å². The van der Waals surface area contributed by atoms with Gasteiger partial charge in [-0.15, -0.1) is 11.8 Å². The highest BCUT2D eigenvalue weighted by atomic mass is 32.2. The van der Waals surface area contributed by atoms with E-state index in [-0.39, 0.29) is 23.5 Å². The molecule has 1 aliphatic heterocycles. The van der Waals surface area contributed by atoms with Crippen LogP contribution in [0.1, 0.15) is 6.42 Å². The van der Waals surface area contributed by atoms with E-state index in [4.69, 9.17) is 0 Å². The summed E-state index contributed by atoms with van der Waals surface area (Å²) in [5.74, 6) is 0.407. The molecule has 5 nitrogen and oxygen atoms in total. The molecule has 0 spiro atoms. The molecule has 0 radical (unpaired) electrons. The average Bonchev–Trinajstić information content (AvgIpc) is 2.75. The van der Waals surface area contributed by atoms with Crippen LogP contribution in [0.2, 0.25) is 0 Å². The van der Waals surface area contributed by atoms with E-state index >= 15 is 0 Å². The van der Waals surface area contributed by atoms with E-state index in [0.717, 1.165) is 11.4 Å². The quantitative estimate of drug-likeness (QED) is 0.871. The van der Waals surface area contributed by atoms with E-state index < -0.39 is 0 Å². The first-order valence-electron chi connectivity index (χ1n) is 6.03. The largest absolute Gasteiger partial charge is 0.378 e. The van der Waals surface area contributed by atoms with Crippen LogP contribution in [-0.4, -0.2) is 37.0 Å². The predicted octanol–water partition coefficient (Wildman–Crippen LogP) is 1.27. The molecule has 0 aliphatic carbocycles. The summed E-state index contributed by atoms with van der Waals surface area (Å²) >= 11 is 1.47. The topological polar surface area (TPSA) is 61.4 Å². The Hall–Kier alpha value is -1.69. The predicted molar refractivity (Wildman–Crippen MR) is 78.4 cm³/mol. The highest BCUT2D eigenvalue weighted by Gasteiger charge is 2.27. The molecule has 2 N–H and O–H groups in total. The fraction of sp³-hybridized carbons (Fsp3) is 0.385. The molecule has 0 saturated carbocycles. The Balaban J connectivity index is 1.89. The van der Waals surface area contributed by atoms with E-state index in [0.29, 0.717) is 5.88 Å². The van der Waals surface area contributed by atoms with Crippen LogP contribution in [0.4, 0.5) is 11.4 Å². The van der Waals surface area contributed by atoms with Gasteiger partial charge in [-0.3, -0.25) is 9.59 Å². The normalized spacial score (nSPS) is 18.0. The number of rotatable bonds is 4. The van der Waals surface area contributed by atoms with Gasteiger partial charge >= 0.3 is 0 Å². The van der Waals surface area contributed by atoms with Crippen LogP contribution in [0.25, 0.3) is 0 Å². The van der Waals surface area contributed by atoms with Gasteiger partial charge in [0.15, 0.2) is 0 Å². The van der Waals surface area contributed by atoms with Gasteiger partial charge in [0.2, 0.25) is 11.8 Å². The first kappa shape index (κ1) is 13.7. The van der Waals surface area contributed by atoms with Crippen molar-refractivity contribution in [3.05, 3.63) is 24.3 Å². The molecule has 6 heteroatoms. The number of hydrogen-bond donors (Lipinski definition) is 2. The van der Waals surface area contributed by atoms with Gasteiger partial charge in [-0.05, 0) is 24.3 Å². The maximum atomic E-state index is 11.8. The maximum Gasteiger partial charge on any atom is 0.234 e. The Morgan fingerprint density at radius 1 is 1.42 bits per heavy atom. The third-order valence-corrected chi connectivity index (χ3v) is 3.96. The van der Waals surface area contributed by atoms with Crippen molar-refractivity contribution < 1.29 is 9.59 Å². The lowest BCUT2D eigenvalue weighted by molar-refractivity contribution is -0.123. The number of carbonyl (C=O) groups is 2. The second-order valence-electron chi connectivity index (χ2n) is 4.53. The van der Waals surface area contributed by atoms with Gasteiger partial charge in [0.1, 0.15) is 0 Å². The summed E-state index contributed by atoms with van der Waals surface area (Å²) in [6.45, 7) is 0. The number of amides is 2. The number of nitrogens with one attached hydrogen (secondary N) is 2. The van der Waals surface area contributed by atoms with Crippen molar-refractivity contribution in [1.82, 2.24) is 5.32 Å². The number of carbonyl (C=O) groups excluding carboxylic acids is 2. The molecular formula is C13H17N3O2S. The molecular weight excluding hydrogens is 262 g/mol. The van der Waals surface area contributed by atoms with Gasteiger partial charge < -0.3 is 15.5 Å². The summed E-state index contributed by atoms with van der Waals surface area (Å²) in [5, 5.41) is 5.24. The molecule has 1 aromatic rings. The molecule has 19 heavy (non-hydrogen) atoms. The van der Waals surface area contributed by atoms with Gasteiger partial charge in [-0.25, -0.2) is 0 Å². The molecule has 1 aromatic carbocycles. The lowest BCUT2D eigenvalue weighted by Crippen LogP contribution is -2.26. The summed E-state index contributed by atoms with van der Waals surface area (Å²) in [6.07, 6.45) is 0.214. The summed E-state index contributed by atoms with van der Waals surface area (Å²) in [5.41, 5.74) is 1.82. The minimum atomic E-state index is -0.263. The number of nitrogens with zero attached hydrogens (tertiary/aromatic N) is 1. The number of thioether (sulfide) groups is 1. The van der Waals surface area contributed by atoms with Crippen molar-refractivity contribution in [3.8, 4) is 0 Å². The average molecular weight is 279 g/mol. The first-order valence-corrected chi connectivity index (χ1v) is 7.07. The minimum Gasteiger partial charge on any atom is -0.378 e. The summed E-state index contributed by atoms with van der Waals surface area (Å²) in [7, 11) is 3.92. The second kappa shape index (κ2) is 5.97. The van der Waals surface area contributed by atoms with Crippen LogP contribution in [0, 0.1) is 0 Å². The highest BCUT2D eigenvalue weighted by Crippen LogP contribution is 2.21. The molecule has 2 rings (SSSR count). The third kappa shape index (κ3) is 3.64. The SMILES string of the molecule is CN(C)c1ccc(NC(=O)CC2SCNC2=O)cc1. The molecule has 1 heterocycles. The van der Waals surface area contributed by atoms with E-state index in [1.807, 2.05) is 43.3 Å². The molecule has 0 aromatic heterocycles. The van der Waals surface area contributed by atoms with Gasteiger partial charge in [0.05, 0.1) is 11.1 Å². The zero-order valence-electron chi connectivity index (χ0n) is 11.0. The Bertz CT molecular complexity index is 473. The van der Waals surface area contributed by atoms with Crippen LogP contribution in [-0.2, 0) is 9.59 Å². The minimum absolute atomic E-state index is 0.0527. The Labute approximate surface area is 116 Å². The zero-order valence-corrected chi connectivity index (χ0v) is 11.8. The molecule has 2 amide bonds. The van der Waals surface area contributed by atoms with E-state index in [9.17, 15) is 9.59 Å². The molecule has 1 aliphatic rings. The van der Waals surface area contributed by atoms with Crippen LogP contribution < -0.4 is 15.5 Å². The van der Waals surface area contributed by atoms with Crippen LogP contribution in [0.15, 0.2) is 24.3 Å². The molecule has 1 unspecified atom stereocenters. The number of benzene rings is 1. The highest BCUT2D eigenvalue weighted by molar-refractivity contribution is 8.01. The van der Waals surface area contributed by atoms with Crippen molar-refractivity contribution in [2.24, 2.45) is 0 Å². The van der Waals surface area contributed by atoms with Crippen LogP contribution in [0.5, 0.6) is 0 Å². The first-order chi connectivity index (χ1) is 9.06. The fourth-order valence-corrected chi connectivity index (χ4v) is 2.71. The van der Waals surface area contributed by atoms with E-state index in [1.165, 1.54) is 11.8 Å². The second-order valence-corrected chi connectivity index (χ2v) is 5.73. The number of anilines is 2. The molecule has 1 atom stereocenters. The third-order valence-electron chi connectivity index (χ3n) is 2.86. The van der Waals surface area contributed by atoms with Crippen molar-refractivity contribution >= 4 is 35.0 Å². The van der Waals surface area contributed by atoms with E-state index in [2.05, 4.69) is 10.6 Å². The van der Waals surface area contributed by atoms with Gasteiger partial charge in [-0.1, -0.05) is 0 Å². The summed E-state index contributed by atoms with van der Waals surface area (Å²) in [4.78, 5) is 25.2. The number of hydrogen-bond acceptors (Lipinski definition) is 4. The standard InChI is InChI=1S/C13H17N3O2S/c1-16(2)10-5-3-9(4-6-10)15-12(17)7-11-13(18)14-8-19-11/h3-6,11H,7-8H2,1-2H3,(H,14,18)(H,15,17). The molecule has 0 bridgehead atoms. The Morgan fingerprint density at radius 3 is 2.63 bits per heavy atom. The molecule has 1 saturated heterocycles. The lowest BCUT2D eigenvalue weighted by atomic mass is 10.2. The lowest BCUT2D eigenvalue weighted by Gasteiger charge is -2.13. The van der Waals surface area contributed by atoms with E-state index in [1.54, 1.807) is 0 Å². The van der Waals surface area contributed by atoms with Gasteiger partial charge in [0.25, 0.3) is 0 Å². The van der Waals surface area contributed by atoms with Crippen molar-refractivity contribution in [3.63, 3.8) is 0 Å². The van der Waals surface area contributed by atoms with Crippen molar-refractivity contribution in [1.29, 1.82) is 0 Å².